The van der Waals surface area contributed by atoms with Gasteiger partial charge in [-0.1, -0.05) is 32.0 Å². The topological polar surface area (TPSA) is 122 Å². The lowest BCUT2D eigenvalue weighted by Gasteiger charge is -2.16. The van der Waals surface area contributed by atoms with Crippen LogP contribution in [0.4, 0.5) is 0 Å². The number of halogens is 1. The molecule has 0 saturated carbocycles. The standard InChI is InChI=1S/C16H26N4O4S.ClH/c1-11(2)15(17)16(22)19-10-14(21)18-9-12-7-5-6-8-13(12)25(23,24)20(3)4;/h5-8,11,15H,9-10,17H2,1-4H3,(H,18,21)(H,19,22);1H/t15-;/m0./s1. The molecule has 0 aliphatic carbocycles. The predicted octanol–water partition coefficient (Wildman–Crippen LogP) is 0.0744. The molecule has 0 fully saturated rings. The smallest absolute Gasteiger partial charge is 0.242 e. The van der Waals surface area contributed by atoms with E-state index in [2.05, 4.69) is 10.6 Å². The summed E-state index contributed by atoms with van der Waals surface area (Å²) >= 11 is 0. The van der Waals surface area contributed by atoms with E-state index < -0.39 is 27.9 Å². The molecule has 0 bridgehead atoms. The van der Waals surface area contributed by atoms with Crippen molar-refractivity contribution >= 4 is 34.2 Å². The molecule has 0 spiro atoms. The number of nitrogens with two attached hydrogens (primary N) is 1. The molecule has 1 aromatic carbocycles. The first-order chi connectivity index (χ1) is 11.6. The second-order valence-electron chi connectivity index (χ2n) is 6.16. The normalized spacial score (nSPS) is 12.4. The third kappa shape index (κ3) is 6.56. The van der Waals surface area contributed by atoms with Gasteiger partial charge >= 0.3 is 0 Å². The van der Waals surface area contributed by atoms with Gasteiger partial charge in [0.15, 0.2) is 0 Å². The van der Waals surface area contributed by atoms with E-state index >= 15 is 0 Å². The van der Waals surface area contributed by atoms with Crippen molar-refractivity contribution in [2.45, 2.75) is 31.3 Å². The lowest BCUT2D eigenvalue weighted by Crippen LogP contribution is -2.47. The van der Waals surface area contributed by atoms with Crippen LogP contribution >= 0.6 is 12.4 Å². The van der Waals surface area contributed by atoms with E-state index in [0.717, 1.165) is 4.31 Å². The summed E-state index contributed by atoms with van der Waals surface area (Å²) in [5.41, 5.74) is 6.16. The summed E-state index contributed by atoms with van der Waals surface area (Å²) in [7, 11) is -0.721. The summed E-state index contributed by atoms with van der Waals surface area (Å²) in [4.78, 5) is 23.7. The molecular weight excluding hydrogens is 380 g/mol. The Bertz CT molecular complexity index is 723. The maximum absolute atomic E-state index is 12.3. The summed E-state index contributed by atoms with van der Waals surface area (Å²) in [6.07, 6.45) is 0. The molecule has 4 N–H and O–H groups in total. The number of hydrogen-bond acceptors (Lipinski definition) is 5. The molecule has 2 amide bonds. The first kappa shape index (κ1) is 24.3. The van der Waals surface area contributed by atoms with Gasteiger partial charge in [-0.05, 0) is 17.5 Å². The lowest BCUT2D eigenvalue weighted by molar-refractivity contribution is -0.127. The van der Waals surface area contributed by atoms with E-state index in [1.165, 1.54) is 20.2 Å². The van der Waals surface area contributed by atoms with Crippen LogP contribution < -0.4 is 16.4 Å². The van der Waals surface area contributed by atoms with Gasteiger partial charge in [-0.2, -0.15) is 0 Å². The lowest BCUT2D eigenvalue weighted by atomic mass is 10.1. The van der Waals surface area contributed by atoms with Crippen molar-refractivity contribution in [3.05, 3.63) is 29.8 Å². The van der Waals surface area contributed by atoms with Gasteiger partial charge in [0, 0.05) is 20.6 Å². The number of amides is 2. The highest BCUT2D eigenvalue weighted by Gasteiger charge is 2.21. The average molecular weight is 407 g/mol. The van der Waals surface area contributed by atoms with Crippen LogP contribution in [0.15, 0.2) is 29.2 Å². The molecule has 10 heteroatoms. The molecule has 0 aliphatic rings. The number of hydrogen-bond donors (Lipinski definition) is 3. The fourth-order valence-corrected chi connectivity index (χ4v) is 3.06. The monoisotopic (exact) mass is 406 g/mol. The van der Waals surface area contributed by atoms with E-state index in [1.807, 2.05) is 13.8 Å². The van der Waals surface area contributed by atoms with Crippen LogP contribution in [0.1, 0.15) is 19.4 Å². The van der Waals surface area contributed by atoms with Crippen molar-refractivity contribution in [1.29, 1.82) is 0 Å². The highest BCUT2D eigenvalue weighted by atomic mass is 35.5. The summed E-state index contributed by atoms with van der Waals surface area (Å²) in [5.74, 6) is -0.867. The van der Waals surface area contributed by atoms with Crippen molar-refractivity contribution in [2.24, 2.45) is 11.7 Å². The van der Waals surface area contributed by atoms with E-state index in [0.29, 0.717) is 5.56 Å². The highest BCUT2D eigenvalue weighted by Crippen LogP contribution is 2.18. The van der Waals surface area contributed by atoms with Gasteiger partial charge in [0.05, 0.1) is 17.5 Å². The molecular formula is C16H27ClN4O4S. The number of carbonyl (C=O) groups is 2. The zero-order valence-electron chi connectivity index (χ0n) is 15.4. The number of nitrogens with zero attached hydrogens (tertiary/aromatic N) is 1. The minimum Gasteiger partial charge on any atom is -0.350 e. The molecule has 0 aromatic heterocycles. The Labute approximate surface area is 161 Å². The van der Waals surface area contributed by atoms with E-state index in [-0.39, 0.29) is 36.3 Å². The fraction of sp³-hybridized carbons (Fsp3) is 0.500. The Balaban J connectivity index is 0.00000625. The van der Waals surface area contributed by atoms with Crippen molar-refractivity contribution in [3.63, 3.8) is 0 Å². The van der Waals surface area contributed by atoms with Crippen LogP contribution in [0, 0.1) is 5.92 Å². The molecule has 0 aliphatic heterocycles. The molecule has 1 aromatic rings. The van der Waals surface area contributed by atoms with E-state index in [1.54, 1.807) is 18.2 Å². The SMILES string of the molecule is CC(C)[C@H](N)C(=O)NCC(=O)NCc1ccccc1S(=O)(=O)N(C)C.Cl. The summed E-state index contributed by atoms with van der Waals surface area (Å²) in [6.45, 7) is 3.44. The highest BCUT2D eigenvalue weighted by molar-refractivity contribution is 7.89. The molecule has 26 heavy (non-hydrogen) atoms. The largest absolute Gasteiger partial charge is 0.350 e. The Morgan fingerprint density at radius 1 is 1.15 bits per heavy atom. The summed E-state index contributed by atoms with van der Waals surface area (Å²) < 4.78 is 25.7. The molecule has 0 unspecified atom stereocenters. The van der Waals surface area contributed by atoms with Crippen molar-refractivity contribution in [1.82, 2.24) is 14.9 Å². The van der Waals surface area contributed by atoms with E-state index in [9.17, 15) is 18.0 Å². The van der Waals surface area contributed by atoms with Gasteiger partial charge < -0.3 is 16.4 Å². The quantitative estimate of drug-likeness (QED) is 0.564. The molecule has 148 valence electrons. The van der Waals surface area contributed by atoms with Gasteiger partial charge in [-0.15, -0.1) is 12.4 Å². The van der Waals surface area contributed by atoms with Crippen LogP contribution in [-0.2, 0) is 26.2 Å². The molecule has 1 atom stereocenters. The number of nitrogens with one attached hydrogen (secondary N) is 2. The third-order valence-corrected chi connectivity index (χ3v) is 5.57. The van der Waals surface area contributed by atoms with Gasteiger partial charge in [0.1, 0.15) is 0 Å². The molecule has 1 rings (SSSR count). The minimum absolute atomic E-state index is 0. The number of rotatable bonds is 8. The Morgan fingerprint density at radius 3 is 2.27 bits per heavy atom. The molecule has 0 saturated heterocycles. The van der Waals surface area contributed by atoms with Crippen molar-refractivity contribution < 1.29 is 18.0 Å². The first-order valence-electron chi connectivity index (χ1n) is 7.87. The zero-order chi connectivity index (χ0) is 19.2. The maximum atomic E-state index is 12.3. The number of benzene rings is 1. The van der Waals surface area contributed by atoms with Gasteiger partial charge in [-0.25, -0.2) is 12.7 Å². The predicted molar refractivity (Wildman–Crippen MR) is 102 cm³/mol. The van der Waals surface area contributed by atoms with Gasteiger partial charge in [0.2, 0.25) is 21.8 Å². The second kappa shape index (κ2) is 10.5. The number of carbonyl (C=O) groups excluding carboxylic acids is 2. The van der Waals surface area contributed by atoms with Crippen molar-refractivity contribution in [3.8, 4) is 0 Å². The second-order valence-corrected chi connectivity index (χ2v) is 8.28. The fourth-order valence-electron chi connectivity index (χ4n) is 1.94. The van der Waals surface area contributed by atoms with Gasteiger partial charge in [0.25, 0.3) is 0 Å². The Hall–Kier alpha value is -1.68. The zero-order valence-corrected chi connectivity index (χ0v) is 17.0. The van der Waals surface area contributed by atoms with E-state index in [4.69, 9.17) is 5.73 Å². The molecule has 0 heterocycles. The summed E-state index contributed by atoms with van der Waals surface area (Å²) in [6, 6.07) is 5.75. The van der Waals surface area contributed by atoms with Crippen LogP contribution in [0.2, 0.25) is 0 Å². The maximum Gasteiger partial charge on any atom is 0.242 e. The number of sulfonamides is 1. The average Bonchev–Trinajstić information content (AvgIpc) is 2.56. The summed E-state index contributed by atoms with van der Waals surface area (Å²) in [5, 5.41) is 5.06. The molecule has 8 nitrogen and oxygen atoms in total. The van der Waals surface area contributed by atoms with Crippen LogP contribution in [0.25, 0.3) is 0 Å². The minimum atomic E-state index is -3.61. The molecule has 0 radical (unpaired) electrons. The third-order valence-electron chi connectivity index (χ3n) is 3.65. The Morgan fingerprint density at radius 2 is 1.73 bits per heavy atom. The Kier molecular flexibility index (Phi) is 9.79. The van der Waals surface area contributed by atoms with Crippen LogP contribution in [0.5, 0.6) is 0 Å². The van der Waals surface area contributed by atoms with Crippen molar-refractivity contribution in [2.75, 3.05) is 20.6 Å². The first-order valence-corrected chi connectivity index (χ1v) is 9.31. The van der Waals surface area contributed by atoms with Crippen LogP contribution in [-0.4, -0.2) is 51.2 Å². The van der Waals surface area contributed by atoms with Crippen LogP contribution in [0.3, 0.4) is 0 Å². The van der Waals surface area contributed by atoms with Gasteiger partial charge in [-0.3, -0.25) is 9.59 Å².